The number of ether oxygens (including phenoxy) is 1. The van der Waals surface area contributed by atoms with Gasteiger partial charge in [-0.05, 0) is 34.5 Å². The first-order chi connectivity index (χ1) is 9.97. The van der Waals surface area contributed by atoms with Crippen LogP contribution in [0.3, 0.4) is 0 Å². The van der Waals surface area contributed by atoms with Crippen molar-refractivity contribution < 1.29 is 14.5 Å². The monoisotopic (exact) mass is 350 g/mol. The lowest BCUT2D eigenvalue weighted by Gasteiger charge is -2.13. The molecular formula is C14H11BrN2O4. The van der Waals surface area contributed by atoms with Gasteiger partial charge in [-0.25, -0.2) is 4.79 Å². The second-order valence-corrected chi connectivity index (χ2v) is 5.21. The van der Waals surface area contributed by atoms with E-state index in [4.69, 9.17) is 4.74 Å². The highest BCUT2D eigenvalue weighted by molar-refractivity contribution is 9.10. The van der Waals surface area contributed by atoms with Crippen molar-refractivity contribution in [3.05, 3.63) is 68.4 Å². The van der Waals surface area contributed by atoms with Crippen LogP contribution in [0.25, 0.3) is 0 Å². The molecule has 2 rings (SSSR count). The van der Waals surface area contributed by atoms with Crippen LogP contribution < -0.4 is 0 Å². The molecule has 2 aromatic rings. The van der Waals surface area contributed by atoms with Crippen LogP contribution in [0.15, 0.2) is 47.2 Å². The number of benzene rings is 1. The van der Waals surface area contributed by atoms with Crippen molar-refractivity contribution in [2.24, 2.45) is 0 Å². The molecule has 0 amide bonds. The topological polar surface area (TPSA) is 82.3 Å². The van der Waals surface area contributed by atoms with E-state index < -0.39 is 17.0 Å². The Morgan fingerprint density at radius 3 is 2.81 bits per heavy atom. The molecule has 0 bridgehead atoms. The van der Waals surface area contributed by atoms with E-state index in [2.05, 4.69) is 20.9 Å². The summed E-state index contributed by atoms with van der Waals surface area (Å²) in [6, 6.07) is 7.59. The van der Waals surface area contributed by atoms with E-state index in [9.17, 15) is 14.9 Å². The summed E-state index contributed by atoms with van der Waals surface area (Å²) in [6.07, 6.45) is 2.35. The Labute approximate surface area is 129 Å². The number of carbonyl (C=O) groups excluding carboxylic acids is 1. The van der Waals surface area contributed by atoms with Gasteiger partial charge in [0.05, 0.1) is 10.5 Å². The van der Waals surface area contributed by atoms with E-state index in [1.165, 1.54) is 18.3 Å². The average Bonchev–Trinajstić information content (AvgIpc) is 2.47. The zero-order valence-electron chi connectivity index (χ0n) is 11.0. The summed E-state index contributed by atoms with van der Waals surface area (Å²) >= 11 is 3.22. The Hall–Kier alpha value is -2.28. The van der Waals surface area contributed by atoms with Crippen molar-refractivity contribution in [2.75, 3.05) is 0 Å². The molecule has 1 unspecified atom stereocenters. The second-order valence-electron chi connectivity index (χ2n) is 4.29. The van der Waals surface area contributed by atoms with Crippen LogP contribution in [0, 0.1) is 10.1 Å². The summed E-state index contributed by atoms with van der Waals surface area (Å²) in [6.45, 7) is 1.66. The van der Waals surface area contributed by atoms with Crippen LogP contribution in [-0.2, 0) is 4.74 Å². The average molecular weight is 351 g/mol. The SMILES string of the molecule is CC(OC(=O)c1cncc(Br)c1)c1cccc([N+](=O)[O-])c1. The Morgan fingerprint density at radius 1 is 1.38 bits per heavy atom. The standard InChI is InChI=1S/C14H11BrN2O4/c1-9(10-3-2-4-13(6-10)17(19)20)21-14(18)11-5-12(15)8-16-7-11/h2-9H,1H3. The fourth-order valence-electron chi connectivity index (χ4n) is 1.71. The van der Waals surface area contributed by atoms with E-state index in [-0.39, 0.29) is 5.69 Å². The number of aromatic nitrogens is 1. The summed E-state index contributed by atoms with van der Waals surface area (Å²) in [5.74, 6) is -0.539. The summed E-state index contributed by atoms with van der Waals surface area (Å²) in [5.41, 5.74) is 0.821. The minimum absolute atomic E-state index is 0.0421. The molecule has 108 valence electrons. The highest BCUT2D eigenvalue weighted by Gasteiger charge is 2.16. The van der Waals surface area contributed by atoms with Crippen LogP contribution >= 0.6 is 15.9 Å². The van der Waals surface area contributed by atoms with Gasteiger partial charge < -0.3 is 4.74 Å². The third kappa shape index (κ3) is 3.85. The molecule has 1 aromatic heterocycles. The maximum atomic E-state index is 12.0. The number of halogens is 1. The molecule has 0 saturated heterocycles. The smallest absolute Gasteiger partial charge is 0.340 e. The van der Waals surface area contributed by atoms with Crippen molar-refractivity contribution in [1.29, 1.82) is 0 Å². The first-order valence-corrected chi connectivity index (χ1v) is 6.82. The molecule has 0 spiro atoms. The van der Waals surface area contributed by atoms with Crippen molar-refractivity contribution in [3.63, 3.8) is 0 Å². The number of pyridine rings is 1. The molecule has 0 aliphatic carbocycles. The Balaban J connectivity index is 2.14. The van der Waals surface area contributed by atoms with Gasteiger partial charge in [-0.3, -0.25) is 15.1 Å². The molecule has 0 N–H and O–H groups in total. The van der Waals surface area contributed by atoms with Gasteiger partial charge >= 0.3 is 5.97 Å². The third-order valence-electron chi connectivity index (χ3n) is 2.77. The van der Waals surface area contributed by atoms with Gasteiger partial charge in [0.15, 0.2) is 0 Å². The van der Waals surface area contributed by atoms with Gasteiger partial charge in [0.2, 0.25) is 0 Å². The first-order valence-electron chi connectivity index (χ1n) is 6.03. The molecule has 0 saturated carbocycles. The Kier molecular flexibility index (Phi) is 4.64. The molecule has 1 aromatic carbocycles. The maximum absolute atomic E-state index is 12.0. The molecular weight excluding hydrogens is 340 g/mol. The van der Waals surface area contributed by atoms with Gasteiger partial charge in [0.1, 0.15) is 6.10 Å². The number of nitro groups is 1. The number of carbonyl (C=O) groups is 1. The fraction of sp³-hybridized carbons (Fsp3) is 0.143. The van der Waals surface area contributed by atoms with Crippen LogP contribution in [0.1, 0.15) is 28.9 Å². The van der Waals surface area contributed by atoms with Gasteiger partial charge in [-0.1, -0.05) is 12.1 Å². The summed E-state index contributed by atoms with van der Waals surface area (Å²) in [4.78, 5) is 26.1. The predicted molar refractivity (Wildman–Crippen MR) is 78.9 cm³/mol. The second kappa shape index (κ2) is 6.45. The number of nitro benzene ring substituents is 1. The van der Waals surface area contributed by atoms with E-state index in [1.54, 1.807) is 31.3 Å². The van der Waals surface area contributed by atoms with Gasteiger partial charge in [-0.15, -0.1) is 0 Å². The van der Waals surface area contributed by atoms with Gasteiger partial charge in [0, 0.05) is 29.0 Å². The lowest BCUT2D eigenvalue weighted by atomic mass is 10.1. The third-order valence-corrected chi connectivity index (χ3v) is 3.21. The molecule has 21 heavy (non-hydrogen) atoms. The zero-order valence-corrected chi connectivity index (χ0v) is 12.6. The number of hydrogen-bond donors (Lipinski definition) is 0. The minimum Gasteiger partial charge on any atom is -0.454 e. The van der Waals surface area contributed by atoms with E-state index in [0.29, 0.717) is 15.6 Å². The van der Waals surface area contributed by atoms with Crippen molar-refractivity contribution in [2.45, 2.75) is 13.0 Å². The normalized spacial score (nSPS) is 11.7. The van der Waals surface area contributed by atoms with Gasteiger partial charge in [0.25, 0.3) is 5.69 Å². The number of esters is 1. The molecule has 6 nitrogen and oxygen atoms in total. The van der Waals surface area contributed by atoms with Crippen LogP contribution in [-0.4, -0.2) is 15.9 Å². The maximum Gasteiger partial charge on any atom is 0.340 e. The number of rotatable bonds is 4. The van der Waals surface area contributed by atoms with E-state index in [0.717, 1.165) is 0 Å². The zero-order chi connectivity index (χ0) is 15.4. The van der Waals surface area contributed by atoms with Crippen molar-refractivity contribution >= 4 is 27.6 Å². The number of hydrogen-bond acceptors (Lipinski definition) is 5. The fourth-order valence-corrected chi connectivity index (χ4v) is 2.08. The van der Waals surface area contributed by atoms with Crippen molar-refractivity contribution in [1.82, 2.24) is 4.98 Å². The summed E-state index contributed by atoms with van der Waals surface area (Å²) < 4.78 is 5.96. The van der Waals surface area contributed by atoms with E-state index >= 15 is 0 Å². The molecule has 0 aliphatic rings. The van der Waals surface area contributed by atoms with Crippen molar-refractivity contribution in [3.8, 4) is 0 Å². The lowest BCUT2D eigenvalue weighted by molar-refractivity contribution is -0.385. The number of non-ortho nitro benzene ring substituents is 1. The molecule has 0 fully saturated rings. The molecule has 7 heteroatoms. The molecule has 0 radical (unpaired) electrons. The summed E-state index contributed by atoms with van der Waals surface area (Å²) in [5, 5.41) is 10.7. The summed E-state index contributed by atoms with van der Waals surface area (Å²) in [7, 11) is 0. The highest BCUT2D eigenvalue weighted by atomic mass is 79.9. The Morgan fingerprint density at radius 2 is 2.14 bits per heavy atom. The molecule has 1 heterocycles. The van der Waals surface area contributed by atoms with Gasteiger partial charge in [-0.2, -0.15) is 0 Å². The number of nitrogens with zero attached hydrogens (tertiary/aromatic N) is 2. The van der Waals surface area contributed by atoms with Crippen LogP contribution in [0.5, 0.6) is 0 Å². The largest absolute Gasteiger partial charge is 0.454 e. The van der Waals surface area contributed by atoms with Crippen LogP contribution in [0.4, 0.5) is 5.69 Å². The molecule has 1 atom stereocenters. The molecule has 0 aliphatic heterocycles. The predicted octanol–water partition coefficient (Wildman–Crippen LogP) is 3.67. The highest BCUT2D eigenvalue weighted by Crippen LogP contribution is 2.23. The quantitative estimate of drug-likeness (QED) is 0.477. The first kappa shape index (κ1) is 15.1. The van der Waals surface area contributed by atoms with E-state index in [1.807, 2.05) is 0 Å². The Bertz CT molecular complexity index is 690. The minimum atomic E-state index is -0.601. The lowest BCUT2D eigenvalue weighted by Crippen LogP contribution is -2.09. The van der Waals surface area contributed by atoms with Crippen LogP contribution in [0.2, 0.25) is 0 Å².